The molecule has 5 N–H and O–H groups in total. The van der Waals surface area contributed by atoms with Crippen LogP contribution in [-0.2, 0) is 18.6 Å². The smallest absolute Gasteiger partial charge is 0.394 e. The van der Waals surface area contributed by atoms with Crippen LogP contribution in [0, 0.1) is 0 Å². The van der Waals surface area contributed by atoms with Crippen molar-refractivity contribution in [2.24, 2.45) is 0 Å². The molecular formula is C22H43O9P. The molecule has 0 aliphatic heterocycles. The number of ether oxygens (including phenoxy) is 1. The summed E-state index contributed by atoms with van der Waals surface area (Å²) in [7, 11) is -4.73. The maximum absolute atomic E-state index is 12.3. The van der Waals surface area contributed by atoms with Crippen molar-refractivity contribution in [1.82, 2.24) is 0 Å². The highest BCUT2D eigenvalue weighted by Gasteiger charge is 2.27. The molecule has 0 saturated carbocycles. The molecule has 0 aromatic heterocycles. The first-order chi connectivity index (χ1) is 15.2. The minimum Gasteiger partial charge on any atom is -0.394 e. The number of hydrogen-bond donors (Lipinski definition) is 5. The molecule has 0 rings (SSSR count). The average molecular weight is 483 g/mol. The number of rotatable bonds is 22. The SMILES string of the molecule is CCCCCCCCCCCCCC=CC(=O)C(OCC(O)COP(=O)(O)O)C(O)CO. The number of allylic oxidation sites excluding steroid dienone is 1. The highest BCUT2D eigenvalue weighted by Crippen LogP contribution is 2.35. The summed E-state index contributed by atoms with van der Waals surface area (Å²) in [5.41, 5.74) is 0. The molecule has 10 heteroatoms. The van der Waals surface area contributed by atoms with Gasteiger partial charge in [-0.15, -0.1) is 0 Å². The van der Waals surface area contributed by atoms with Gasteiger partial charge in [-0.25, -0.2) is 4.57 Å². The van der Waals surface area contributed by atoms with E-state index in [1.54, 1.807) is 6.08 Å². The van der Waals surface area contributed by atoms with Gasteiger partial charge >= 0.3 is 7.82 Å². The lowest BCUT2D eigenvalue weighted by molar-refractivity contribution is -0.140. The van der Waals surface area contributed by atoms with E-state index in [0.717, 1.165) is 12.8 Å². The van der Waals surface area contributed by atoms with Gasteiger partial charge in [0.1, 0.15) is 18.3 Å². The number of aliphatic hydroxyl groups excluding tert-OH is 3. The number of unbranched alkanes of at least 4 members (excludes halogenated alkanes) is 11. The van der Waals surface area contributed by atoms with E-state index in [0.29, 0.717) is 6.42 Å². The van der Waals surface area contributed by atoms with Gasteiger partial charge in [0.15, 0.2) is 5.78 Å². The zero-order chi connectivity index (χ0) is 24.2. The Morgan fingerprint density at radius 3 is 1.94 bits per heavy atom. The van der Waals surface area contributed by atoms with Crippen molar-refractivity contribution in [3.63, 3.8) is 0 Å². The van der Waals surface area contributed by atoms with Crippen LogP contribution in [-0.4, -0.2) is 69.0 Å². The lowest BCUT2D eigenvalue weighted by Gasteiger charge is -2.21. The van der Waals surface area contributed by atoms with E-state index < -0.39 is 51.7 Å². The maximum Gasteiger partial charge on any atom is 0.469 e. The van der Waals surface area contributed by atoms with Gasteiger partial charge in [0.05, 0.1) is 19.8 Å². The highest BCUT2D eigenvalue weighted by molar-refractivity contribution is 7.46. The first-order valence-electron chi connectivity index (χ1n) is 11.7. The molecule has 0 aromatic carbocycles. The topological polar surface area (TPSA) is 154 Å². The molecule has 0 aromatic rings. The Hall–Kier alpha value is -0.640. The lowest BCUT2D eigenvalue weighted by Crippen LogP contribution is -2.40. The van der Waals surface area contributed by atoms with Crippen LogP contribution >= 0.6 is 7.82 Å². The van der Waals surface area contributed by atoms with Crippen LogP contribution in [0.3, 0.4) is 0 Å². The molecule has 0 amide bonds. The predicted molar refractivity (Wildman–Crippen MR) is 122 cm³/mol. The summed E-state index contributed by atoms with van der Waals surface area (Å²) in [5, 5.41) is 28.5. The van der Waals surface area contributed by atoms with Crippen molar-refractivity contribution in [3.05, 3.63) is 12.2 Å². The number of phosphoric acid groups is 1. The number of carbonyl (C=O) groups excluding carboxylic acids is 1. The predicted octanol–water partition coefficient (Wildman–Crippen LogP) is 3.02. The molecule has 3 atom stereocenters. The molecule has 0 radical (unpaired) electrons. The third-order valence-electron chi connectivity index (χ3n) is 4.98. The monoisotopic (exact) mass is 482 g/mol. The average Bonchev–Trinajstić information content (AvgIpc) is 2.74. The molecular weight excluding hydrogens is 439 g/mol. The van der Waals surface area contributed by atoms with Gasteiger partial charge in [0.25, 0.3) is 0 Å². The number of hydrogen-bond acceptors (Lipinski definition) is 7. The van der Waals surface area contributed by atoms with Crippen LogP contribution in [0.25, 0.3) is 0 Å². The Morgan fingerprint density at radius 2 is 1.44 bits per heavy atom. The first kappa shape index (κ1) is 31.4. The zero-order valence-corrected chi connectivity index (χ0v) is 20.2. The summed E-state index contributed by atoms with van der Waals surface area (Å²) >= 11 is 0. The number of aliphatic hydroxyl groups is 3. The van der Waals surface area contributed by atoms with E-state index >= 15 is 0 Å². The van der Waals surface area contributed by atoms with Crippen molar-refractivity contribution >= 4 is 13.6 Å². The van der Waals surface area contributed by atoms with E-state index in [1.807, 2.05) is 0 Å². The molecule has 0 aliphatic carbocycles. The molecule has 9 nitrogen and oxygen atoms in total. The maximum atomic E-state index is 12.3. The van der Waals surface area contributed by atoms with E-state index in [9.17, 15) is 19.6 Å². The van der Waals surface area contributed by atoms with Crippen LogP contribution in [0.15, 0.2) is 12.2 Å². The number of carbonyl (C=O) groups is 1. The zero-order valence-electron chi connectivity index (χ0n) is 19.3. The number of phosphoric ester groups is 1. The standard InChI is InChI=1S/C22H43O9P/c1-2-3-4-5-6-7-8-9-10-11-12-13-14-15-20(25)22(21(26)16-23)30-17-19(24)18-31-32(27,28)29/h14-15,19,21-24,26H,2-13,16-18H2,1H3,(H2,27,28,29). The summed E-state index contributed by atoms with van der Waals surface area (Å²) in [6, 6.07) is 0. The van der Waals surface area contributed by atoms with Crippen molar-refractivity contribution in [1.29, 1.82) is 0 Å². The lowest BCUT2D eigenvalue weighted by atomic mass is 10.0. The van der Waals surface area contributed by atoms with Gasteiger partial charge < -0.3 is 29.8 Å². The molecule has 0 bridgehead atoms. The first-order valence-corrected chi connectivity index (χ1v) is 13.2. The summed E-state index contributed by atoms with van der Waals surface area (Å²) in [5.74, 6) is -0.558. The van der Waals surface area contributed by atoms with Crippen molar-refractivity contribution in [3.8, 4) is 0 Å². The Balaban J connectivity index is 4.04. The molecule has 3 unspecified atom stereocenters. The van der Waals surface area contributed by atoms with Crippen molar-refractivity contribution < 1.29 is 43.7 Å². The Labute approximate surface area is 192 Å². The molecule has 190 valence electrons. The number of ketones is 1. The summed E-state index contributed by atoms with van der Waals surface area (Å²) < 4.78 is 19.9. The van der Waals surface area contributed by atoms with Crippen LogP contribution < -0.4 is 0 Å². The van der Waals surface area contributed by atoms with Crippen LogP contribution in [0.5, 0.6) is 0 Å². The molecule has 0 heterocycles. The minimum atomic E-state index is -4.73. The minimum absolute atomic E-state index is 0.500. The summed E-state index contributed by atoms with van der Waals surface area (Å²) in [4.78, 5) is 29.5. The second-order valence-corrected chi connectivity index (χ2v) is 9.31. The fourth-order valence-corrected chi connectivity index (χ4v) is 3.51. The van der Waals surface area contributed by atoms with Gasteiger partial charge in [-0.3, -0.25) is 9.32 Å². The quantitative estimate of drug-likeness (QED) is 0.0890. The van der Waals surface area contributed by atoms with E-state index in [-0.39, 0.29) is 0 Å². The van der Waals surface area contributed by atoms with E-state index in [4.69, 9.17) is 19.6 Å². The molecule has 0 aliphatic rings. The van der Waals surface area contributed by atoms with Crippen molar-refractivity contribution in [2.45, 2.75) is 102 Å². The summed E-state index contributed by atoms with van der Waals surface area (Å²) in [6.07, 6.45) is 13.0. The fraction of sp³-hybridized carbons (Fsp3) is 0.864. The highest BCUT2D eigenvalue weighted by atomic mass is 31.2. The van der Waals surface area contributed by atoms with E-state index in [1.165, 1.54) is 63.9 Å². The van der Waals surface area contributed by atoms with Gasteiger partial charge in [0.2, 0.25) is 0 Å². The van der Waals surface area contributed by atoms with Gasteiger partial charge in [-0.05, 0) is 18.9 Å². The van der Waals surface area contributed by atoms with E-state index in [2.05, 4.69) is 11.4 Å². The Kier molecular flexibility index (Phi) is 19.4. The van der Waals surface area contributed by atoms with Crippen LogP contribution in [0.4, 0.5) is 0 Å². The molecule has 0 spiro atoms. The molecule has 0 saturated heterocycles. The van der Waals surface area contributed by atoms with Crippen molar-refractivity contribution in [2.75, 3.05) is 19.8 Å². The third-order valence-corrected chi connectivity index (χ3v) is 5.46. The van der Waals surface area contributed by atoms with Crippen LogP contribution in [0.1, 0.15) is 84.0 Å². The summed E-state index contributed by atoms with van der Waals surface area (Å²) in [6.45, 7) is 0.311. The second kappa shape index (κ2) is 19.8. The Bertz CT molecular complexity index is 535. The normalized spacial score (nSPS) is 15.2. The fourth-order valence-electron chi connectivity index (χ4n) is 3.15. The van der Waals surface area contributed by atoms with Gasteiger partial charge in [-0.2, -0.15) is 0 Å². The molecule has 32 heavy (non-hydrogen) atoms. The Morgan fingerprint density at radius 1 is 0.906 bits per heavy atom. The largest absolute Gasteiger partial charge is 0.469 e. The third kappa shape index (κ3) is 18.9. The molecule has 0 fully saturated rings. The van der Waals surface area contributed by atoms with Crippen LogP contribution in [0.2, 0.25) is 0 Å². The van der Waals surface area contributed by atoms with Gasteiger partial charge in [0, 0.05) is 0 Å². The second-order valence-electron chi connectivity index (χ2n) is 8.07. The van der Waals surface area contributed by atoms with Gasteiger partial charge in [-0.1, -0.05) is 77.2 Å².